The lowest BCUT2D eigenvalue weighted by Gasteiger charge is -2.25. The number of carbonyl (C=O) groups is 2. The minimum atomic E-state index is -0.735. The van der Waals surface area contributed by atoms with Gasteiger partial charge in [-0.1, -0.05) is 29.5 Å². The molecule has 0 unspecified atom stereocenters. The maximum absolute atomic E-state index is 13.9. The second-order valence-corrected chi connectivity index (χ2v) is 12.0. The average Bonchev–Trinajstić information content (AvgIpc) is 3.55. The monoisotopic (exact) mass is 614 g/mol. The van der Waals surface area contributed by atoms with Crippen LogP contribution in [0.25, 0.3) is 17.4 Å². The fourth-order valence-electron chi connectivity index (χ4n) is 5.02. The van der Waals surface area contributed by atoms with Crippen LogP contribution in [0.4, 0.5) is 0 Å². The van der Waals surface area contributed by atoms with Crippen LogP contribution in [0, 0.1) is 6.92 Å². The lowest BCUT2D eigenvalue weighted by atomic mass is 9.96. The molecular formula is C34H34N2O7S. The Morgan fingerprint density at radius 2 is 1.64 bits per heavy atom. The lowest BCUT2D eigenvalue weighted by molar-refractivity contribution is -0.143. The second kappa shape index (κ2) is 12.5. The minimum absolute atomic E-state index is 0.211. The predicted octanol–water partition coefficient (Wildman–Crippen LogP) is 5.33. The molecule has 0 bridgehead atoms. The number of allylic oxidation sites excluding steroid dienone is 1. The van der Waals surface area contributed by atoms with Crippen molar-refractivity contribution in [3.8, 4) is 17.1 Å². The highest BCUT2D eigenvalue weighted by atomic mass is 32.1. The van der Waals surface area contributed by atoms with Crippen LogP contribution in [-0.2, 0) is 14.3 Å². The molecule has 2 aromatic heterocycles. The molecule has 0 amide bonds. The minimum Gasteiger partial charge on any atom is -0.497 e. The maximum atomic E-state index is 13.9. The first-order valence-corrected chi connectivity index (χ1v) is 15.1. The fourth-order valence-corrected chi connectivity index (χ4v) is 6.04. The van der Waals surface area contributed by atoms with Crippen molar-refractivity contribution in [3.05, 3.63) is 108 Å². The molecule has 10 heteroatoms. The van der Waals surface area contributed by atoms with Crippen molar-refractivity contribution in [3.63, 3.8) is 0 Å². The van der Waals surface area contributed by atoms with Crippen molar-refractivity contribution >= 4 is 29.4 Å². The summed E-state index contributed by atoms with van der Waals surface area (Å²) in [5.74, 6) is 0.821. The van der Waals surface area contributed by atoms with Gasteiger partial charge in [0, 0.05) is 11.6 Å². The summed E-state index contributed by atoms with van der Waals surface area (Å²) in [4.78, 5) is 44.6. The van der Waals surface area contributed by atoms with E-state index in [4.69, 9.17) is 18.6 Å². The van der Waals surface area contributed by atoms with Crippen LogP contribution in [0.5, 0.6) is 5.75 Å². The molecule has 228 valence electrons. The molecule has 0 saturated carbocycles. The molecule has 4 aromatic rings. The lowest BCUT2D eigenvalue weighted by Crippen LogP contribution is -2.40. The number of esters is 2. The van der Waals surface area contributed by atoms with E-state index in [2.05, 4.69) is 4.99 Å². The Labute approximate surface area is 258 Å². The fraction of sp³-hybridized carbons (Fsp3) is 0.294. The van der Waals surface area contributed by atoms with Crippen LogP contribution in [0.2, 0.25) is 0 Å². The van der Waals surface area contributed by atoms with Crippen LogP contribution in [0.3, 0.4) is 0 Å². The number of hydrogen-bond acceptors (Lipinski definition) is 9. The number of furan rings is 1. The number of aromatic nitrogens is 1. The molecule has 0 N–H and O–H groups in total. The summed E-state index contributed by atoms with van der Waals surface area (Å²) >= 11 is 1.22. The van der Waals surface area contributed by atoms with E-state index in [1.54, 1.807) is 78.1 Å². The highest BCUT2D eigenvalue weighted by molar-refractivity contribution is 7.07. The number of ether oxygens (including phenoxy) is 3. The van der Waals surface area contributed by atoms with Gasteiger partial charge in [0.15, 0.2) is 4.80 Å². The summed E-state index contributed by atoms with van der Waals surface area (Å²) in [5.41, 5.74) is 3.33. The van der Waals surface area contributed by atoms with E-state index in [1.165, 1.54) is 15.9 Å². The van der Waals surface area contributed by atoms with Crippen molar-refractivity contribution in [2.24, 2.45) is 4.99 Å². The molecule has 5 rings (SSSR count). The third-order valence-electron chi connectivity index (χ3n) is 6.99. The highest BCUT2D eigenvalue weighted by Gasteiger charge is 2.34. The number of aryl methyl sites for hydroxylation is 1. The number of thiazole rings is 1. The largest absolute Gasteiger partial charge is 0.497 e. The second-order valence-electron chi connectivity index (χ2n) is 11.0. The van der Waals surface area contributed by atoms with Crippen LogP contribution >= 0.6 is 11.3 Å². The van der Waals surface area contributed by atoms with Gasteiger partial charge in [-0.25, -0.2) is 14.6 Å². The van der Waals surface area contributed by atoms with Gasteiger partial charge >= 0.3 is 11.9 Å². The molecule has 0 fully saturated rings. The van der Waals surface area contributed by atoms with Crippen LogP contribution in [-0.4, -0.2) is 35.8 Å². The molecule has 0 radical (unpaired) electrons. The molecule has 1 aliphatic rings. The van der Waals surface area contributed by atoms with Gasteiger partial charge in [-0.05, 0) is 89.1 Å². The summed E-state index contributed by atoms with van der Waals surface area (Å²) in [7, 11) is 1.58. The Hall–Kier alpha value is -4.70. The van der Waals surface area contributed by atoms with Crippen molar-refractivity contribution in [1.29, 1.82) is 0 Å². The summed E-state index contributed by atoms with van der Waals surface area (Å²) in [6.45, 7) is 10.8. The Balaban J connectivity index is 1.55. The summed E-state index contributed by atoms with van der Waals surface area (Å²) < 4.78 is 24.2. The SMILES string of the molecule is COc1ccc([C@@H]2C(C(=O)OC(C)C)=C(C)N=c3s/c(=C/c4ccc(-c5ccc(C(=O)OC(C)C)cc5C)o4)c(=O)n32)cc1. The maximum Gasteiger partial charge on any atom is 0.338 e. The molecule has 3 heterocycles. The van der Waals surface area contributed by atoms with E-state index in [-0.39, 0.29) is 23.7 Å². The Kier molecular flexibility index (Phi) is 8.73. The number of fused-ring (bicyclic) bond motifs is 1. The van der Waals surface area contributed by atoms with Crippen molar-refractivity contribution in [2.75, 3.05) is 7.11 Å². The Morgan fingerprint density at radius 1 is 0.955 bits per heavy atom. The molecule has 2 aromatic carbocycles. The first-order chi connectivity index (χ1) is 21.0. The summed E-state index contributed by atoms with van der Waals surface area (Å²) in [5, 5.41) is 0. The number of methoxy groups -OCH3 is 1. The molecule has 0 aliphatic carbocycles. The van der Waals surface area contributed by atoms with Crippen LogP contribution < -0.4 is 19.6 Å². The zero-order valence-corrected chi connectivity index (χ0v) is 26.5. The third-order valence-corrected chi connectivity index (χ3v) is 7.97. The first kappa shape index (κ1) is 30.7. The Morgan fingerprint density at radius 3 is 2.27 bits per heavy atom. The molecule has 0 spiro atoms. The first-order valence-electron chi connectivity index (χ1n) is 14.3. The molecule has 0 saturated heterocycles. The third kappa shape index (κ3) is 6.16. The average molecular weight is 615 g/mol. The van der Waals surface area contributed by atoms with Gasteiger partial charge in [0.25, 0.3) is 5.56 Å². The molecule has 9 nitrogen and oxygen atoms in total. The van der Waals surface area contributed by atoms with Crippen LogP contribution in [0.15, 0.2) is 80.1 Å². The van der Waals surface area contributed by atoms with E-state index >= 15 is 0 Å². The van der Waals surface area contributed by atoms with Gasteiger partial charge < -0.3 is 18.6 Å². The number of carbonyl (C=O) groups excluding carboxylic acids is 2. The number of benzene rings is 2. The van der Waals surface area contributed by atoms with E-state index < -0.39 is 12.0 Å². The summed E-state index contributed by atoms with van der Waals surface area (Å²) in [6.07, 6.45) is 1.12. The van der Waals surface area contributed by atoms with Gasteiger partial charge in [-0.3, -0.25) is 9.36 Å². The van der Waals surface area contributed by atoms with Gasteiger partial charge in [0.2, 0.25) is 0 Å². The van der Waals surface area contributed by atoms with E-state index in [0.717, 1.165) is 16.7 Å². The molecule has 44 heavy (non-hydrogen) atoms. The Bertz CT molecular complexity index is 1940. The zero-order chi connectivity index (χ0) is 31.7. The standard InChI is InChI=1S/C34H34N2O7S/c1-18(2)41-32(38)23-10-14-26(20(5)16-23)27-15-13-25(43-27)17-28-31(37)36-30(22-8-11-24(40-7)12-9-22)29(33(39)42-19(3)4)21(6)35-34(36)44-28/h8-19,30H,1-7H3/b28-17+/t30-/m1/s1. The van der Waals surface area contributed by atoms with Crippen LogP contribution in [0.1, 0.15) is 67.9 Å². The van der Waals surface area contributed by atoms with E-state index in [9.17, 15) is 14.4 Å². The highest BCUT2D eigenvalue weighted by Crippen LogP contribution is 2.32. The van der Waals surface area contributed by atoms with Gasteiger partial charge in [0.1, 0.15) is 17.3 Å². The number of hydrogen-bond donors (Lipinski definition) is 0. The quantitative estimate of drug-likeness (QED) is 0.247. The molecule has 1 aliphatic heterocycles. The van der Waals surface area contributed by atoms with Gasteiger partial charge in [-0.15, -0.1) is 0 Å². The topological polar surface area (TPSA) is 109 Å². The number of nitrogens with zero attached hydrogens (tertiary/aromatic N) is 2. The molecule has 1 atom stereocenters. The summed E-state index contributed by atoms with van der Waals surface area (Å²) in [6, 6.07) is 15.4. The van der Waals surface area contributed by atoms with E-state index in [0.29, 0.717) is 43.4 Å². The van der Waals surface area contributed by atoms with Gasteiger partial charge in [-0.2, -0.15) is 0 Å². The van der Waals surface area contributed by atoms with Gasteiger partial charge in [0.05, 0.1) is 46.7 Å². The smallest absolute Gasteiger partial charge is 0.338 e. The zero-order valence-electron chi connectivity index (χ0n) is 25.7. The van der Waals surface area contributed by atoms with Crippen molar-refractivity contribution < 1.29 is 28.2 Å². The molecular weight excluding hydrogens is 580 g/mol. The normalized spacial score (nSPS) is 14.9. The van der Waals surface area contributed by atoms with Crippen molar-refractivity contribution in [2.45, 2.75) is 59.8 Å². The van der Waals surface area contributed by atoms with Crippen molar-refractivity contribution in [1.82, 2.24) is 4.57 Å². The number of rotatable bonds is 8. The van der Waals surface area contributed by atoms with E-state index in [1.807, 2.05) is 31.2 Å². The predicted molar refractivity (Wildman–Crippen MR) is 167 cm³/mol.